The molecule has 0 aliphatic rings. The lowest BCUT2D eigenvalue weighted by atomic mass is 10.1. The maximum absolute atomic E-state index is 8.84. The van der Waals surface area contributed by atoms with Gasteiger partial charge in [-0.1, -0.05) is 6.92 Å². The average molecular weight is 212 g/mol. The first-order valence-corrected chi connectivity index (χ1v) is 5.38. The van der Waals surface area contributed by atoms with Gasteiger partial charge in [0.15, 0.2) is 0 Å². The summed E-state index contributed by atoms with van der Waals surface area (Å²) in [6.45, 7) is 4.05. The first kappa shape index (κ1) is 12.1. The van der Waals surface area contributed by atoms with Crippen LogP contribution in [0.25, 0.3) is 0 Å². The fourth-order valence-electron chi connectivity index (χ4n) is 1.33. The number of aliphatic hydroxyl groups excluding tert-OH is 1. The highest BCUT2D eigenvalue weighted by atomic mass is 16.3. The lowest BCUT2D eigenvalue weighted by Crippen LogP contribution is -2.18. The molecule has 1 unspecified atom stereocenters. The van der Waals surface area contributed by atoms with E-state index in [-0.39, 0.29) is 6.61 Å². The summed E-state index contributed by atoms with van der Waals surface area (Å²) in [5.74, 6) is 1.35. The number of aromatic nitrogens is 3. The topological polar surface area (TPSA) is 63.0 Å². The molecule has 1 aromatic heterocycles. The monoisotopic (exact) mass is 212 g/mol. The van der Waals surface area contributed by atoms with Crippen LogP contribution in [-0.2, 0) is 13.6 Å². The molecule has 0 aromatic carbocycles. The first-order valence-electron chi connectivity index (χ1n) is 5.38. The molecule has 5 nitrogen and oxygen atoms in total. The fourth-order valence-corrected chi connectivity index (χ4v) is 1.33. The van der Waals surface area contributed by atoms with Gasteiger partial charge in [0.25, 0.3) is 0 Å². The molecule has 86 valence electrons. The summed E-state index contributed by atoms with van der Waals surface area (Å²) in [4.78, 5) is 0. The van der Waals surface area contributed by atoms with Crippen LogP contribution in [0.1, 0.15) is 25.6 Å². The molecule has 0 amide bonds. The molecule has 15 heavy (non-hydrogen) atoms. The van der Waals surface area contributed by atoms with E-state index >= 15 is 0 Å². The molecule has 0 bridgehead atoms. The Labute approximate surface area is 90.5 Å². The second-order valence-electron chi connectivity index (χ2n) is 3.96. The number of aliphatic hydroxyl groups is 1. The van der Waals surface area contributed by atoms with Crippen LogP contribution in [0.2, 0.25) is 0 Å². The van der Waals surface area contributed by atoms with E-state index in [2.05, 4.69) is 22.4 Å². The Morgan fingerprint density at radius 3 is 3.00 bits per heavy atom. The molecule has 2 N–H and O–H groups in total. The number of rotatable bonds is 7. The van der Waals surface area contributed by atoms with Crippen molar-refractivity contribution in [1.29, 1.82) is 0 Å². The molecule has 0 saturated heterocycles. The predicted molar refractivity (Wildman–Crippen MR) is 58.2 cm³/mol. The van der Waals surface area contributed by atoms with Crippen LogP contribution in [0.15, 0.2) is 6.33 Å². The van der Waals surface area contributed by atoms with Gasteiger partial charge in [0, 0.05) is 13.7 Å². The highest BCUT2D eigenvalue weighted by Gasteiger charge is 2.01. The van der Waals surface area contributed by atoms with Crippen LogP contribution >= 0.6 is 0 Å². The van der Waals surface area contributed by atoms with E-state index in [9.17, 15) is 0 Å². The van der Waals surface area contributed by atoms with E-state index in [1.807, 2.05) is 11.6 Å². The standard InChI is InChI=1S/C10H20N4O/c1-9(7-15)4-3-5-11-6-10-13-12-8-14(10)2/h8-9,11,15H,3-7H2,1-2H3. The molecular formula is C10H20N4O. The summed E-state index contributed by atoms with van der Waals surface area (Å²) in [6.07, 6.45) is 3.84. The SMILES string of the molecule is CC(CO)CCCNCc1nncn1C. The largest absolute Gasteiger partial charge is 0.396 e. The summed E-state index contributed by atoms with van der Waals surface area (Å²) in [5.41, 5.74) is 0. The van der Waals surface area contributed by atoms with Gasteiger partial charge >= 0.3 is 0 Å². The van der Waals surface area contributed by atoms with E-state index in [0.717, 1.165) is 31.8 Å². The van der Waals surface area contributed by atoms with Crippen molar-refractivity contribution in [2.75, 3.05) is 13.2 Å². The van der Waals surface area contributed by atoms with Crippen molar-refractivity contribution in [3.63, 3.8) is 0 Å². The highest BCUT2D eigenvalue weighted by molar-refractivity contribution is 4.82. The van der Waals surface area contributed by atoms with Crippen molar-refractivity contribution in [2.24, 2.45) is 13.0 Å². The minimum absolute atomic E-state index is 0.281. The molecular weight excluding hydrogens is 192 g/mol. The Morgan fingerprint density at radius 2 is 2.40 bits per heavy atom. The fraction of sp³-hybridized carbons (Fsp3) is 0.800. The molecule has 1 heterocycles. The van der Waals surface area contributed by atoms with E-state index in [1.165, 1.54) is 0 Å². The normalized spacial score (nSPS) is 13.0. The number of aryl methyl sites for hydroxylation is 1. The summed E-state index contributed by atoms with van der Waals surface area (Å²) in [6, 6.07) is 0. The van der Waals surface area contributed by atoms with Crippen LogP contribution in [0.3, 0.4) is 0 Å². The van der Waals surface area contributed by atoms with Crippen molar-refractivity contribution in [2.45, 2.75) is 26.3 Å². The second-order valence-corrected chi connectivity index (χ2v) is 3.96. The van der Waals surface area contributed by atoms with Gasteiger partial charge in [-0.15, -0.1) is 10.2 Å². The van der Waals surface area contributed by atoms with Crippen molar-refractivity contribution in [3.8, 4) is 0 Å². The maximum Gasteiger partial charge on any atom is 0.146 e. The predicted octanol–water partition coefficient (Wildman–Crippen LogP) is 0.313. The molecule has 1 rings (SSSR count). The Balaban J connectivity index is 2.05. The summed E-state index contributed by atoms with van der Waals surface area (Å²) >= 11 is 0. The van der Waals surface area contributed by atoms with Crippen LogP contribution in [-0.4, -0.2) is 33.0 Å². The van der Waals surface area contributed by atoms with E-state index in [0.29, 0.717) is 5.92 Å². The first-order chi connectivity index (χ1) is 7.24. The Hall–Kier alpha value is -0.940. The smallest absolute Gasteiger partial charge is 0.146 e. The number of hydrogen-bond donors (Lipinski definition) is 2. The number of nitrogens with one attached hydrogen (secondary N) is 1. The highest BCUT2D eigenvalue weighted by Crippen LogP contribution is 2.02. The lowest BCUT2D eigenvalue weighted by molar-refractivity contribution is 0.228. The Morgan fingerprint density at radius 1 is 1.60 bits per heavy atom. The van der Waals surface area contributed by atoms with Crippen LogP contribution in [0.5, 0.6) is 0 Å². The van der Waals surface area contributed by atoms with Crippen LogP contribution < -0.4 is 5.32 Å². The molecule has 0 saturated carbocycles. The molecule has 0 aliphatic carbocycles. The molecule has 0 aliphatic heterocycles. The molecule has 1 atom stereocenters. The van der Waals surface area contributed by atoms with Crippen molar-refractivity contribution in [3.05, 3.63) is 12.2 Å². The van der Waals surface area contributed by atoms with E-state index < -0.39 is 0 Å². The zero-order valence-electron chi connectivity index (χ0n) is 9.48. The van der Waals surface area contributed by atoms with Crippen molar-refractivity contribution >= 4 is 0 Å². The maximum atomic E-state index is 8.84. The average Bonchev–Trinajstić information content (AvgIpc) is 2.63. The minimum Gasteiger partial charge on any atom is -0.396 e. The third-order valence-corrected chi connectivity index (χ3v) is 2.45. The molecule has 0 fully saturated rings. The van der Waals surface area contributed by atoms with Crippen LogP contribution in [0.4, 0.5) is 0 Å². The summed E-state index contributed by atoms with van der Waals surface area (Å²) in [5, 5.41) is 19.9. The van der Waals surface area contributed by atoms with E-state index in [4.69, 9.17) is 5.11 Å². The summed E-state index contributed by atoms with van der Waals surface area (Å²) in [7, 11) is 1.94. The molecule has 1 aromatic rings. The quantitative estimate of drug-likeness (QED) is 0.639. The van der Waals surface area contributed by atoms with Gasteiger partial charge in [-0.05, 0) is 25.3 Å². The molecule has 5 heteroatoms. The third-order valence-electron chi connectivity index (χ3n) is 2.45. The van der Waals surface area contributed by atoms with Crippen LogP contribution in [0, 0.1) is 5.92 Å². The Bertz CT molecular complexity index is 274. The van der Waals surface area contributed by atoms with Gasteiger partial charge in [0.2, 0.25) is 0 Å². The van der Waals surface area contributed by atoms with Gasteiger partial charge in [-0.3, -0.25) is 0 Å². The van der Waals surface area contributed by atoms with Gasteiger partial charge in [0.1, 0.15) is 12.2 Å². The zero-order chi connectivity index (χ0) is 11.1. The number of nitrogens with zero attached hydrogens (tertiary/aromatic N) is 3. The second kappa shape index (κ2) is 6.53. The van der Waals surface area contributed by atoms with E-state index in [1.54, 1.807) is 6.33 Å². The Kier molecular flexibility index (Phi) is 5.28. The minimum atomic E-state index is 0.281. The third kappa shape index (κ3) is 4.40. The zero-order valence-corrected chi connectivity index (χ0v) is 9.48. The van der Waals surface area contributed by atoms with Gasteiger partial charge in [-0.25, -0.2) is 0 Å². The molecule has 0 radical (unpaired) electrons. The summed E-state index contributed by atoms with van der Waals surface area (Å²) < 4.78 is 1.91. The van der Waals surface area contributed by atoms with Crippen molar-refractivity contribution in [1.82, 2.24) is 20.1 Å². The van der Waals surface area contributed by atoms with Gasteiger partial charge < -0.3 is 15.0 Å². The molecule has 0 spiro atoms. The van der Waals surface area contributed by atoms with Crippen molar-refractivity contribution < 1.29 is 5.11 Å². The number of hydrogen-bond acceptors (Lipinski definition) is 4. The lowest BCUT2D eigenvalue weighted by Gasteiger charge is -2.07. The van der Waals surface area contributed by atoms with Gasteiger partial charge in [-0.2, -0.15) is 0 Å². The van der Waals surface area contributed by atoms with Gasteiger partial charge in [0.05, 0.1) is 6.54 Å².